The molecule has 1 heterocycles. The first-order valence-corrected chi connectivity index (χ1v) is 6.56. The normalized spacial score (nSPS) is 16.8. The third-order valence-electron chi connectivity index (χ3n) is 3.62. The number of carbonyl (C=O) groups is 1. The van der Waals surface area contributed by atoms with Crippen molar-refractivity contribution < 1.29 is 9.53 Å². The zero-order valence-electron chi connectivity index (χ0n) is 10.9. The minimum Gasteiger partial charge on any atom is -0.493 e. The standard InChI is InChI=1S/C17H16O2/c1-12(18)15-8-5-9-16-17(15)14(11-19-16)10-13-6-3-2-4-7-13/h2-9,14H,10-11H2,1H3. The highest BCUT2D eigenvalue weighted by Crippen LogP contribution is 2.38. The van der Waals surface area contributed by atoms with Crippen molar-refractivity contribution in [3.8, 4) is 5.75 Å². The second kappa shape index (κ2) is 4.88. The van der Waals surface area contributed by atoms with Crippen molar-refractivity contribution >= 4 is 5.78 Å². The lowest BCUT2D eigenvalue weighted by Crippen LogP contribution is -2.07. The quantitative estimate of drug-likeness (QED) is 0.780. The summed E-state index contributed by atoms with van der Waals surface area (Å²) < 4.78 is 5.72. The van der Waals surface area contributed by atoms with Crippen LogP contribution < -0.4 is 4.74 Å². The van der Waals surface area contributed by atoms with Crippen LogP contribution in [-0.4, -0.2) is 12.4 Å². The van der Waals surface area contributed by atoms with E-state index in [4.69, 9.17) is 4.74 Å². The van der Waals surface area contributed by atoms with E-state index >= 15 is 0 Å². The summed E-state index contributed by atoms with van der Waals surface area (Å²) in [7, 11) is 0. The first-order valence-electron chi connectivity index (χ1n) is 6.56. The van der Waals surface area contributed by atoms with Gasteiger partial charge >= 0.3 is 0 Å². The van der Waals surface area contributed by atoms with Gasteiger partial charge in [0.15, 0.2) is 5.78 Å². The van der Waals surface area contributed by atoms with Gasteiger partial charge in [-0.15, -0.1) is 0 Å². The van der Waals surface area contributed by atoms with Crippen molar-refractivity contribution in [1.82, 2.24) is 0 Å². The zero-order valence-corrected chi connectivity index (χ0v) is 10.9. The van der Waals surface area contributed by atoms with Crippen LogP contribution in [0.5, 0.6) is 5.75 Å². The summed E-state index contributed by atoms with van der Waals surface area (Å²) in [6.07, 6.45) is 0.915. The number of benzene rings is 2. The van der Waals surface area contributed by atoms with Gasteiger partial charge in [-0.1, -0.05) is 42.5 Å². The van der Waals surface area contributed by atoms with Gasteiger partial charge in [0.1, 0.15) is 5.75 Å². The van der Waals surface area contributed by atoms with Gasteiger partial charge in [0.2, 0.25) is 0 Å². The molecule has 19 heavy (non-hydrogen) atoms. The molecule has 0 saturated carbocycles. The van der Waals surface area contributed by atoms with Crippen molar-refractivity contribution in [2.45, 2.75) is 19.3 Å². The van der Waals surface area contributed by atoms with Crippen LogP contribution in [0.4, 0.5) is 0 Å². The van der Waals surface area contributed by atoms with E-state index in [1.807, 2.05) is 36.4 Å². The molecular weight excluding hydrogens is 236 g/mol. The van der Waals surface area contributed by atoms with Crippen LogP contribution in [0.3, 0.4) is 0 Å². The predicted molar refractivity (Wildman–Crippen MR) is 74.8 cm³/mol. The molecule has 0 amide bonds. The Labute approximate surface area is 113 Å². The molecule has 0 saturated heterocycles. The monoisotopic (exact) mass is 252 g/mol. The van der Waals surface area contributed by atoms with Gasteiger partial charge in [-0.3, -0.25) is 4.79 Å². The molecule has 3 rings (SSSR count). The fraction of sp³-hybridized carbons (Fsp3) is 0.235. The molecule has 96 valence electrons. The second-order valence-corrected chi connectivity index (χ2v) is 4.97. The molecule has 0 N–H and O–H groups in total. The number of rotatable bonds is 3. The van der Waals surface area contributed by atoms with Crippen LogP contribution in [0.1, 0.15) is 34.3 Å². The fourth-order valence-corrected chi connectivity index (χ4v) is 2.73. The highest BCUT2D eigenvalue weighted by molar-refractivity contribution is 5.96. The van der Waals surface area contributed by atoms with Crippen LogP contribution in [0, 0.1) is 0 Å². The summed E-state index contributed by atoms with van der Waals surface area (Å²) in [6.45, 7) is 2.28. The number of hydrogen-bond donors (Lipinski definition) is 0. The number of ether oxygens (including phenoxy) is 1. The third-order valence-corrected chi connectivity index (χ3v) is 3.62. The molecule has 0 bridgehead atoms. The van der Waals surface area contributed by atoms with Gasteiger partial charge < -0.3 is 4.74 Å². The molecule has 1 unspecified atom stereocenters. The first kappa shape index (κ1) is 12.0. The predicted octanol–water partition coefficient (Wildman–Crippen LogP) is 3.61. The largest absolute Gasteiger partial charge is 0.493 e. The number of ketones is 1. The van der Waals surface area contributed by atoms with Crippen molar-refractivity contribution in [2.75, 3.05) is 6.61 Å². The van der Waals surface area contributed by atoms with E-state index in [1.54, 1.807) is 6.92 Å². The van der Waals surface area contributed by atoms with E-state index in [-0.39, 0.29) is 11.7 Å². The fourth-order valence-electron chi connectivity index (χ4n) is 2.73. The van der Waals surface area contributed by atoms with E-state index in [0.29, 0.717) is 6.61 Å². The Bertz CT molecular complexity index is 602. The highest BCUT2D eigenvalue weighted by Gasteiger charge is 2.28. The molecule has 1 aliphatic rings. The smallest absolute Gasteiger partial charge is 0.160 e. The summed E-state index contributed by atoms with van der Waals surface area (Å²) in [5.74, 6) is 1.26. The number of fused-ring (bicyclic) bond motifs is 1. The van der Waals surface area contributed by atoms with Gasteiger partial charge in [0.05, 0.1) is 6.61 Å². The summed E-state index contributed by atoms with van der Waals surface area (Å²) in [5, 5.41) is 0. The maximum Gasteiger partial charge on any atom is 0.160 e. The van der Waals surface area contributed by atoms with Crippen LogP contribution in [0.2, 0.25) is 0 Å². The molecule has 2 aromatic carbocycles. The highest BCUT2D eigenvalue weighted by atomic mass is 16.5. The zero-order chi connectivity index (χ0) is 13.2. The summed E-state index contributed by atoms with van der Waals surface area (Å²) in [6, 6.07) is 16.1. The van der Waals surface area contributed by atoms with E-state index < -0.39 is 0 Å². The Balaban J connectivity index is 1.95. The van der Waals surface area contributed by atoms with Crippen molar-refractivity contribution in [3.05, 3.63) is 65.2 Å². The SMILES string of the molecule is CC(=O)c1cccc2c1C(Cc1ccccc1)CO2. The Morgan fingerprint density at radius 1 is 1.16 bits per heavy atom. The van der Waals surface area contributed by atoms with Gasteiger partial charge in [-0.2, -0.15) is 0 Å². The van der Waals surface area contributed by atoms with E-state index in [2.05, 4.69) is 12.1 Å². The van der Waals surface area contributed by atoms with Crippen molar-refractivity contribution in [1.29, 1.82) is 0 Å². The molecule has 1 aliphatic heterocycles. The Morgan fingerprint density at radius 2 is 1.95 bits per heavy atom. The lowest BCUT2D eigenvalue weighted by atomic mass is 9.89. The summed E-state index contributed by atoms with van der Waals surface area (Å²) in [4.78, 5) is 11.7. The van der Waals surface area contributed by atoms with Gasteiger partial charge in [0.25, 0.3) is 0 Å². The van der Waals surface area contributed by atoms with Crippen molar-refractivity contribution in [3.63, 3.8) is 0 Å². The number of hydrogen-bond acceptors (Lipinski definition) is 2. The molecule has 0 radical (unpaired) electrons. The third kappa shape index (κ3) is 2.26. The van der Waals surface area contributed by atoms with Gasteiger partial charge in [-0.25, -0.2) is 0 Å². The maximum atomic E-state index is 11.7. The molecule has 2 heteroatoms. The van der Waals surface area contributed by atoms with Crippen LogP contribution in [0.25, 0.3) is 0 Å². The molecule has 2 nitrogen and oxygen atoms in total. The van der Waals surface area contributed by atoms with Crippen molar-refractivity contribution in [2.24, 2.45) is 0 Å². The summed E-state index contributed by atoms with van der Waals surface area (Å²) in [5.41, 5.74) is 3.16. The Hall–Kier alpha value is -2.09. The Morgan fingerprint density at radius 3 is 2.68 bits per heavy atom. The maximum absolute atomic E-state index is 11.7. The lowest BCUT2D eigenvalue weighted by Gasteiger charge is -2.11. The van der Waals surface area contributed by atoms with Crippen LogP contribution in [-0.2, 0) is 6.42 Å². The molecular formula is C17H16O2. The van der Waals surface area contributed by atoms with Crippen LogP contribution in [0.15, 0.2) is 48.5 Å². The topological polar surface area (TPSA) is 26.3 Å². The molecule has 0 fully saturated rings. The minimum atomic E-state index is 0.111. The van der Waals surface area contributed by atoms with Gasteiger partial charge in [-0.05, 0) is 25.0 Å². The minimum absolute atomic E-state index is 0.111. The van der Waals surface area contributed by atoms with E-state index in [0.717, 1.165) is 23.3 Å². The lowest BCUT2D eigenvalue weighted by molar-refractivity contribution is 0.101. The Kier molecular flexibility index (Phi) is 3.08. The second-order valence-electron chi connectivity index (χ2n) is 4.97. The molecule has 1 atom stereocenters. The summed E-state index contributed by atoms with van der Waals surface area (Å²) >= 11 is 0. The number of Topliss-reactive ketones (excluding diaryl/α,β-unsaturated/α-hetero) is 1. The number of carbonyl (C=O) groups excluding carboxylic acids is 1. The molecule has 2 aromatic rings. The molecule has 0 aliphatic carbocycles. The van der Waals surface area contributed by atoms with Crippen LogP contribution >= 0.6 is 0 Å². The average Bonchev–Trinajstić information content (AvgIpc) is 2.83. The first-order chi connectivity index (χ1) is 9.25. The van der Waals surface area contributed by atoms with E-state index in [9.17, 15) is 4.79 Å². The van der Waals surface area contributed by atoms with Gasteiger partial charge in [0, 0.05) is 17.0 Å². The average molecular weight is 252 g/mol. The van der Waals surface area contributed by atoms with E-state index in [1.165, 1.54) is 5.56 Å². The molecule has 0 spiro atoms. The molecule has 0 aromatic heterocycles.